The summed E-state index contributed by atoms with van der Waals surface area (Å²) in [5.74, 6) is 0.382. The van der Waals surface area contributed by atoms with E-state index in [9.17, 15) is 9.59 Å². The topological polar surface area (TPSA) is 54.7 Å². The van der Waals surface area contributed by atoms with Crippen LogP contribution in [0.3, 0.4) is 0 Å². The van der Waals surface area contributed by atoms with Crippen LogP contribution in [-0.4, -0.2) is 26.7 Å². The van der Waals surface area contributed by atoms with E-state index in [4.69, 9.17) is 4.98 Å². The molecular weight excluding hydrogens is 302 g/mol. The predicted octanol–water partition coefficient (Wildman–Crippen LogP) is 2.47. The van der Waals surface area contributed by atoms with Gasteiger partial charge in [0.05, 0.1) is 17.8 Å². The van der Waals surface area contributed by atoms with Gasteiger partial charge in [0.25, 0.3) is 5.56 Å². The van der Waals surface area contributed by atoms with E-state index >= 15 is 0 Å². The summed E-state index contributed by atoms with van der Waals surface area (Å²) in [6, 6.07) is 3.83. The maximum Gasteiger partial charge on any atom is 0.263 e. The fourth-order valence-corrected chi connectivity index (χ4v) is 4.05. The largest absolute Gasteiger partial charge is 0.337 e. The number of aromatic nitrogens is 2. The summed E-state index contributed by atoms with van der Waals surface area (Å²) in [6.45, 7) is 3.06. The van der Waals surface area contributed by atoms with Gasteiger partial charge in [0.2, 0.25) is 5.91 Å². The van der Waals surface area contributed by atoms with Crippen molar-refractivity contribution in [1.82, 2.24) is 14.3 Å². The Kier molecular flexibility index (Phi) is 3.87. The molecule has 0 bridgehead atoms. The third-order valence-electron chi connectivity index (χ3n) is 5.46. The zero-order valence-corrected chi connectivity index (χ0v) is 14.1. The molecule has 0 atom stereocenters. The molecule has 1 aliphatic heterocycles. The molecule has 1 aliphatic carbocycles. The van der Waals surface area contributed by atoms with Crippen molar-refractivity contribution < 1.29 is 4.79 Å². The lowest BCUT2D eigenvalue weighted by atomic mass is 9.88. The van der Waals surface area contributed by atoms with Gasteiger partial charge in [-0.05, 0) is 31.4 Å². The van der Waals surface area contributed by atoms with Gasteiger partial charge in [0, 0.05) is 25.1 Å². The molecule has 3 heterocycles. The Morgan fingerprint density at radius 3 is 2.83 bits per heavy atom. The SMILES string of the molecule is Cc1cccn2c(=O)c3c(nc12)CCN(C(=O)C1CCCCC1)C3. The van der Waals surface area contributed by atoms with Gasteiger partial charge in [-0.15, -0.1) is 0 Å². The number of aryl methyl sites for hydroxylation is 1. The van der Waals surface area contributed by atoms with E-state index in [-0.39, 0.29) is 17.4 Å². The van der Waals surface area contributed by atoms with Crippen LogP contribution in [-0.2, 0) is 17.8 Å². The van der Waals surface area contributed by atoms with Crippen molar-refractivity contribution in [3.8, 4) is 0 Å². The lowest BCUT2D eigenvalue weighted by Gasteiger charge is -2.32. The monoisotopic (exact) mass is 325 g/mol. The van der Waals surface area contributed by atoms with Crippen molar-refractivity contribution in [2.45, 2.75) is 52.0 Å². The number of pyridine rings is 1. The van der Waals surface area contributed by atoms with Gasteiger partial charge in [0.15, 0.2) is 0 Å². The number of carbonyl (C=O) groups excluding carboxylic acids is 1. The number of amides is 1. The summed E-state index contributed by atoms with van der Waals surface area (Å²) >= 11 is 0. The van der Waals surface area contributed by atoms with E-state index in [1.165, 1.54) is 6.42 Å². The van der Waals surface area contributed by atoms with Gasteiger partial charge in [-0.2, -0.15) is 0 Å². The highest BCUT2D eigenvalue weighted by molar-refractivity contribution is 5.79. The summed E-state index contributed by atoms with van der Waals surface area (Å²) in [5, 5.41) is 0. The first-order chi connectivity index (χ1) is 11.6. The van der Waals surface area contributed by atoms with Crippen molar-refractivity contribution in [1.29, 1.82) is 0 Å². The summed E-state index contributed by atoms with van der Waals surface area (Å²) in [6.07, 6.45) is 7.97. The number of nitrogens with zero attached hydrogens (tertiary/aromatic N) is 3. The Balaban J connectivity index is 1.67. The Labute approximate surface area is 141 Å². The molecule has 126 valence electrons. The molecule has 0 aromatic carbocycles. The highest BCUT2D eigenvalue weighted by atomic mass is 16.2. The maximum atomic E-state index is 12.9. The second-order valence-electron chi connectivity index (χ2n) is 7.07. The van der Waals surface area contributed by atoms with E-state index in [0.29, 0.717) is 25.1 Å². The molecule has 24 heavy (non-hydrogen) atoms. The van der Waals surface area contributed by atoms with Crippen LogP contribution in [0, 0.1) is 12.8 Å². The first-order valence-electron chi connectivity index (χ1n) is 8.93. The molecular formula is C19H23N3O2. The van der Waals surface area contributed by atoms with Gasteiger partial charge >= 0.3 is 0 Å². The van der Waals surface area contributed by atoms with Crippen molar-refractivity contribution in [3.05, 3.63) is 45.5 Å². The summed E-state index contributed by atoms with van der Waals surface area (Å²) in [7, 11) is 0. The molecule has 0 N–H and O–H groups in total. The van der Waals surface area contributed by atoms with E-state index in [1.807, 2.05) is 24.0 Å². The Hall–Kier alpha value is -2.17. The van der Waals surface area contributed by atoms with Crippen LogP contribution in [0.1, 0.15) is 48.9 Å². The average molecular weight is 325 g/mol. The number of fused-ring (bicyclic) bond motifs is 2. The van der Waals surface area contributed by atoms with Crippen LogP contribution in [0.4, 0.5) is 0 Å². The van der Waals surface area contributed by atoms with Crippen LogP contribution >= 0.6 is 0 Å². The third kappa shape index (κ3) is 2.52. The number of hydrogen-bond donors (Lipinski definition) is 0. The molecule has 5 nitrogen and oxygen atoms in total. The lowest BCUT2D eigenvalue weighted by Crippen LogP contribution is -2.43. The molecule has 2 aliphatic rings. The number of carbonyl (C=O) groups is 1. The molecule has 0 saturated heterocycles. The van der Waals surface area contributed by atoms with E-state index in [1.54, 1.807) is 10.6 Å². The van der Waals surface area contributed by atoms with Gasteiger partial charge in [-0.25, -0.2) is 4.98 Å². The normalized spacial score (nSPS) is 18.6. The smallest absolute Gasteiger partial charge is 0.263 e. The molecule has 5 heteroatoms. The molecule has 0 spiro atoms. The first kappa shape index (κ1) is 15.4. The molecule has 0 radical (unpaired) electrons. The summed E-state index contributed by atoms with van der Waals surface area (Å²) < 4.78 is 1.61. The van der Waals surface area contributed by atoms with Gasteiger partial charge in [-0.3, -0.25) is 14.0 Å². The fraction of sp³-hybridized carbons (Fsp3) is 0.526. The molecule has 1 amide bonds. The van der Waals surface area contributed by atoms with Crippen LogP contribution in [0.15, 0.2) is 23.1 Å². The molecule has 0 unspecified atom stereocenters. The van der Waals surface area contributed by atoms with E-state index < -0.39 is 0 Å². The Morgan fingerprint density at radius 2 is 2.04 bits per heavy atom. The van der Waals surface area contributed by atoms with Crippen LogP contribution in [0.25, 0.3) is 5.65 Å². The standard InChI is InChI=1S/C19H23N3O2/c1-13-6-5-10-22-17(13)20-16-9-11-21(12-15(16)19(22)24)18(23)14-7-3-2-4-8-14/h5-6,10,14H,2-4,7-9,11-12H2,1H3. The molecule has 4 rings (SSSR count). The van der Waals surface area contributed by atoms with Crippen molar-refractivity contribution in [2.24, 2.45) is 5.92 Å². The Morgan fingerprint density at radius 1 is 1.25 bits per heavy atom. The van der Waals surface area contributed by atoms with Gasteiger partial charge < -0.3 is 4.90 Å². The van der Waals surface area contributed by atoms with E-state index in [0.717, 1.165) is 42.6 Å². The average Bonchev–Trinajstić information content (AvgIpc) is 2.63. The predicted molar refractivity (Wildman–Crippen MR) is 91.9 cm³/mol. The van der Waals surface area contributed by atoms with Gasteiger partial charge in [-0.1, -0.05) is 25.3 Å². The van der Waals surface area contributed by atoms with Crippen molar-refractivity contribution in [3.63, 3.8) is 0 Å². The van der Waals surface area contributed by atoms with Crippen LogP contribution in [0.2, 0.25) is 0 Å². The number of rotatable bonds is 1. The quantitative estimate of drug-likeness (QED) is 0.809. The third-order valence-corrected chi connectivity index (χ3v) is 5.46. The summed E-state index contributed by atoms with van der Waals surface area (Å²) in [5.41, 5.74) is 3.25. The van der Waals surface area contributed by atoms with Crippen molar-refractivity contribution >= 4 is 11.6 Å². The lowest BCUT2D eigenvalue weighted by molar-refractivity contribution is -0.137. The van der Waals surface area contributed by atoms with Crippen molar-refractivity contribution in [2.75, 3.05) is 6.54 Å². The highest BCUT2D eigenvalue weighted by Gasteiger charge is 2.30. The molecule has 1 saturated carbocycles. The fourth-order valence-electron chi connectivity index (χ4n) is 4.05. The number of hydrogen-bond acceptors (Lipinski definition) is 3. The van der Waals surface area contributed by atoms with Gasteiger partial charge in [0.1, 0.15) is 5.65 Å². The maximum absolute atomic E-state index is 12.9. The molecule has 1 fully saturated rings. The summed E-state index contributed by atoms with van der Waals surface area (Å²) in [4.78, 5) is 32.2. The van der Waals surface area contributed by atoms with Crippen LogP contribution < -0.4 is 5.56 Å². The molecule has 2 aromatic rings. The first-order valence-corrected chi connectivity index (χ1v) is 8.93. The minimum absolute atomic E-state index is 0.0279. The highest BCUT2D eigenvalue weighted by Crippen LogP contribution is 2.27. The zero-order valence-electron chi connectivity index (χ0n) is 14.1. The minimum atomic E-state index is -0.0279. The second-order valence-corrected chi connectivity index (χ2v) is 7.07. The minimum Gasteiger partial charge on any atom is -0.337 e. The molecule has 2 aromatic heterocycles. The zero-order chi connectivity index (χ0) is 16.7. The van der Waals surface area contributed by atoms with Crippen LogP contribution in [0.5, 0.6) is 0 Å². The second kappa shape index (κ2) is 6.04. The Bertz CT molecular complexity index is 850. The van der Waals surface area contributed by atoms with E-state index in [2.05, 4.69) is 0 Å².